The molecule has 0 radical (unpaired) electrons. The molecule has 0 amide bonds. The molecule has 4 heteroatoms. The first-order chi connectivity index (χ1) is 8.22. The molecule has 0 bridgehead atoms. The second-order valence-electron chi connectivity index (χ2n) is 5.19. The van der Waals surface area contributed by atoms with E-state index in [9.17, 15) is 0 Å². The van der Waals surface area contributed by atoms with E-state index in [4.69, 9.17) is 10.7 Å². The third kappa shape index (κ3) is 2.99. The van der Waals surface area contributed by atoms with Crippen LogP contribution in [0.15, 0.2) is 5.38 Å². The van der Waals surface area contributed by atoms with E-state index in [1.54, 1.807) is 11.3 Å². The topological polar surface area (TPSA) is 42.1 Å². The minimum Gasteiger partial charge on any atom is -0.348 e. The summed E-state index contributed by atoms with van der Waals surface area (Å²) in [6, 6.07) is 0. The van der Waals surface area contributed by atoms with Crippen LogP contribution >= 0.6 is 11.3 Å². The fourth-order valence-electron chi connectivity index (χ4n) is 2.41. The standard InChI is InChI=1S/C13H23N3S/c1-10(2)11(8-14)12-9-17-13(15-12)16-6-4-3-5-7-16/h9-11H,3-8,14H2,1-2H3. The first kappa shape index (κ1) is 12.8. The molecule has 1 saturated heterocycles. The van der Waals surface area contributed by atoms with Crippen molar-refractivity contribution in [1.29, 1.82) is 0 Å². The van der Waals surface area contributed by atoms with Crippen molar-refractivity contribution in [1.82, 2.24) is 4.98 Å². The van der Waals surface area contributed by atoms with Gasteiger partial charge in [0, 0.05) is 30.9 Å². The molecule has 0 saturated carbocycles. The fraction of sp³-hybridized carbons (Fsp3) is 0.769. The maximum Gasteiger partial charge on any atom is 0.185 e. The molecule has 1 fully saturated rings. The third-order valence-corrected chi connectivity index (χ3v) is 4.49. The fourth-order valence-corrected chi connectivity index (χ4v) is 3.35. The third-order valence-electron chi connectivity index (χ3n) is 3.57. The largest absolute Gasteiger partial charge is 0.348 e. The molecule has 1 atom stereocenters. The Bertz CT molecular complexity index is 342. The van der Waals surface area contributed by atoms with Crippen molar-refractivity contribution >= 4 is 16.5 Å². The van der Waals surface area contributed by atoms with E-state index in [-0.39, 0.29) is 0 Å². The van der Waals surface area contributed by atoms with E-state index in [0.29, 0.717) is 18.4 Å². The van der Waals surface area contributed by atoms with Crippen LogP contribution in [-0.2, 0) is 0 Å². The SMILES string of the molecule is CC(C)C(CN)c1csc(N2CCCCC2)n1. The highest BCUT2D eigenvalue weighted by molar-refractivity contribution is 7.13. The van der Waals surface area contributed by atoms with Gasteiger partial charge in [0.25, 0.3) is 0 Å². The Morgan fingerprint density at radius 2 is 2.06 bits per heavy atom. The molecule has 1 aromatic heterocycles. The van der Waals surface area contributed by atoms with Crippen molar-refractivity contribution in [3.8, 4) is 0 Å². The molecule has 1 unspecified atom stereocenters. The van der Waals surface area contributed by atoms with E-state index >= 15 is 0 Å². The molecule has 96 valence electrons. The monoisotopic (exact) mass is 253 g/mol. The van der Waals surface area contributed by atoms with Crippen molar-refractivity contribution in [3.05, 3.63) is 11.1 Å². The molecular weight excluding hydrogens is 230 g/mol. The van der Waals surface area contributed by atoms with Gasteiger partial charge in [-0.05, 0) is 25.2 Å². The molecule has 1 aromatic rings. The summed E-state index contributed by atoms with van der Waals surface area (Å²) in [5.41, 5.74) is 7.03. The molecule has 3 nitrogen and oxygen atoms in total. The highest BCUT2D eigenvalue weighted by atomic mass is 32.1. The molecule has 2 N–H and O–H groups in total. The van der Waals surface area contributed by atoms with Crippen molar-refractivity contribution in [2.45, 2.75) is 39.0 Å². The average molecular weight is 253 g/mol. The van der Waals surface area contributed by atoms with E-state index in [1.807, 2.05) is 0 Å². The Balaban J connectivity index is 2.08. The quantitative estimate of drug-likeness (QED) is 0.897. The molecule has 1 aliphatic rings. The molecule has 0 aromatic carbocycles. The van der Waals surface area contributed by atoms with Crippen LogP contribution < -0.4 is 10.6 Å². The van der Waals surface area contributed by atoms with Crippen molar-refractivity contribution in [2.24, 2.45) is 11.7 Å². The molecule has 0 aliphatic carbocycles. The molecule has 2 rings (SSSR count). The Morgan fingerprint density at radius 3 is 2.65 bits per heavy atom. The molecule has 0 spiro atoms. The lowest BCUT2D eigenvalue weighted by Crippen LogP contribution is -2.29. The summed E-state index contributed by atoms with van der Waals surface area (Å²) >= 11 is 1.78. The Kier molecular flexibility index (Phi) is 4.40. The molecule has 17 heavy (non-hydrogen) atoms. The van der Waals surface area contributed by atoms with Crippen LogP contribution in [0.4, 0.5) is 5.13 Å². The van der Waals surface area contributed by atoms with Gasteiger partial charge in [0.15, 0.2) is 5.13 Å². The lowest BCUT2D eigenvalue weighted by Gasteiger charge is -2.26. The predicted octanol–water partition coefficient (Wildman–Crippen LogP) is 2.83. The van der Waals surface area contributed by atoms with Gasteiger partial charge < -0.3 is 10.6 Å². The summed E-state index contributed by atoms with van der Waals surface area (Å²) in [7, 11) is 0. The van der Waals surface area contributed by atoms with Gasteiger partial charge in [-0.25, -0.2) is 4.98 Å². The average Bonchev–Trinajstić information content (AvgIpc) is 2.80. The van der Waals surface area contributed by atoms with Gasteiger partial charge in [0.05, 0.1) is 5.69 Å². The van der Waals surface area contributed by atoms with Gasteiger partial charge in [0.2, 0.25) is 0 Å². The summed E-state index contributed by atoms with van der Waals surface area (Å²) < 4.78 is 0. The van der Waals surface area contributed by atoms with Crippen molar-refractivity contribution in [3.63, 3.8) is 0 Å². The number of aromatic nitrogens is 1. The first-order valence-corrected chi connectivity index (χ1v) is 7.50. The molecule has 2 heterocycles. The second-order valence-corrected chi connectivity index (χ2v) is 6.03. The predicted molar refractivity (Wildman–Crippen MR) is 74.8 cm³/mol. The van der Waals surface area contributed by atoms with E-state index in [2.05, 4.69) is 24.1 Å². The zero-order chi connectivity index (χ0) is 12.3. The van der Waals surface area contributed by atoms with Crippen LogP contribution in [0.1, 0.15) is 44.7 Å². The Labute approximate surface area is 108 Å². The summed E-state index contributed by atoms with van der Waals surface area (Å²) in [6.45, 7) is 7.47. The van der Waals surface area contributed by atoms with Crippen LogP contribution in [0.25, 0.3) is 0 Å². The minimum absolute atomic E-state index is 0.407. The Hall–Kier alpha value is -0.610. The van der Waals surface area contributed by atoms with Gasteiger partial charge in [0.1, 0.15) is 0 Å². The number of rotatable bonds is 4. The van der Waals surface area contributed by atoms with Crippen LogP contribution in [0.5, 0.6) is 0 Å². The first-order valence-electron chi connectivity index (χ1n) is 6.62. The highest BCUT2D eigenvalue weighted by Gasteiger charge is 2.20. The number of nitrogens with two attached hydrogens (primary N) is 1. The van der Waals surface area contributed by atoms with Gasteiger partial charge in [-0.1, -0.05) is 13.8 Å². The van der Waals surface area contributed by atoms with Gasteiger partial charge in [-0.3, -0.25) is 0 Å². The Morgan fingerprint density at radius 1 is 1.35 bits per heavy atom. The second kappa shape index (κ2) is 5.83. The minimum atomic E-state index is 0.407. The summed E-state index contributed by atoms with van der Waals surface area (Å²) in [4.78, 5) is 7.21. The van der Waals surface area contributed by atoms with E-state index in [0.717, 1.165) is 0 Å². The molecule has 1 aliphatic heterocycles. The maximum atomic E-state index is 5.84. The number of piperidine rings is 1. The lowest BCUT2D eigenvalue weighted by molar-refractivity contribution is 0.496. The zero-order valence-corrected chi connectivity index (χ0v) is 11.7. The number of thiazole rings is 1. The number of nitrogens with zero attached hydrogens (tertiary/aromatic N) is 2. The van der Waals surface area contributed by atoms with Gasteiger partial charge in [-0.2, -0.15) is 0 Å². The zero-order valence-electron chi connectivity index (χ0n) is 10.9. The van der Waals surface area contributed by atoms with Gasteiger partial charge >= 0.3 is 0 Å². The normalized spacial score (nSPS) is 18.7. The number of anilines is 1. The van der Waals surface area contributed by atoms with Crippen molar-refractivity contribution < 1.29 is 0 Å². The van der Waals surface area contributed by atoms with Crippen LogP contribution in [0.2, 0.25) is 0 Å². The summed E-state index contributed by atoms with van der Waals surface area (Å²) in [5, 5.41) is 3.39. The van der Waals surface area contributed by atoms with Crippen molar-refractivity contribution in [2.75, 3.05) is 24.5 Å². The van der Waals surface area contributed by atoms with Crippen LogP contribution in [0, 0.1) is 5.92 Å². The van der Waals surface area contributed by atoms with E-state index < -0.39 is 0 Å². The van der Waals surface area contributed by atoms with E-state index in [1.165, 1.54) is 43.2 Å². The lowest BCUT2D eigenvalue weighted by atomic mass is 9.93. The maximum absolute atomic E-state index is 5.84. The number of hydrogen-bond donors (Lipinski definition) is 1. The van der Waals surface area contributed by atoms with Crippen LogP contribution in [-0.4, -0.2) is 24.6 Å². The smallest absolute Gasteiger partial charge is 0.185 e. The summed E-state index contributed by atoms with van der Waals surface area (Å²) in [6.07, 6.45) is 3.98. The molecular formula is C13H23N3S. The highest BCUT2D eigenvalue weighted by Crippen LogP contribution is 2.30. The van der Waals surface area contributed by atoms with Crippen LogP contribution in [0.3, 0.4) is 0 Å². The number of hydrogen-bond acceptors (Lipinski definition) is 4. The summed E-state index contributed by atoms with van der Waals surface area (Å²) in [5.74, 6) is 0.973. The van der Waals surface area contributed by atoms with Gasteiger partial charge in [-0.15, -0.1) is 11.3 Å².